The summed E-state index contributed by atoms with van der Waals surface area (Å²) in [4.78, 5) is 24.5. The molecule has 0 aliphatic rings. The normalized spacial score (nSPS) is 11.6. The SMILES string of the molecule is CCCCCCOc1ccc(C(=O)O[C@@H](C)C(=O)c2ccccc2)cc1. The quantitative estimate of drug-likeness (QED) is 0.339. The Morgan fingerprint density at radius 3 is 2.23 bits per heavy atom. The molecule has 0 aliphatic carbocycles. The van der Waals surface area contributed by atoms with Gasteiger partial charge in [-0.1, -0.05) is 56.5 Å². The molecule has 0 aliphatic heterocycles. The van der Waals surface area contributed by atoms with Gasteiger partial charge >= 0.3 is 5.97 Å². The average molecular weight is 354 g/mol. The van der Waals surface area contributed by atoms with Gasteiger partial charge in [0.2, 0.25) is 5.78 Å². The van der Waals surface area contributed by atoms with E-state index in [0.717, 1.165) is 18.6 Å². The summed E-state index contributed by atoms with van der Waals surface area (Å²) in [6.45, 7) is 4.43. The van der Waals surface area contributed by atoms with Crippen LogP contribution >= 0.6 is 0 Å². The maximum absolute atomic E-state index is 12.3. The van der Waals surface area contributed by atoms with E-state index in [1.807, 2.05) is 6.07 Å². The largest absolute Gasteiger partial charge is 0.494 e. The van der Waals surface area contributed by atoms with Crippen LogP contribution in [-0.4, -0.2) is 24.5 Å². The van der Waals surface area contributed by atoms with E-state index in [1.54, 1.807) is 55.5 Å². The zero-order chi connectivity index (χ0) is 18.8. The molecule has 138 valence electrons. The number of unbranched alkanes of at least 4 members (excludes halogenated alkanes) is 3. The van der Waals surface area contributed by atoms with Crippen LogP contribution in [0.3, 0.4) is 0 Å². The van der Waals surface area contributed by atoms with Gasteiger partial charge in [0.1, 0.15) is 5.75 Å². The summed E-state index contributed by atoms with van der Waals surface area (Å²) in [5, 5.41) is 0. The Balaban J connectivity index is 1.84. The fourth-order valence-corrected chi connectivity index (χ4v) is 2.53. The summed E-state index contributed by atoms with van der Waals surface area (Å²) in [7, 11) is 0. The lowest BCUT2D eigenvalue weighted by Gasteiger charge is -2.12. The van der Waals surface area contributed by atoms with Crippen molar-refractivity contribution in [3.8, 4) is 5.75 Å². The van der Waals surface area contributed by atoms with Crippen molar-refractivity contribution in [2.24, 2.45) is 0 Å². The van der Waals surface area contributed by atoms with Crippen molar-refractivity contribution in [3.05, 3.63) is 65.7 Å². The molecule has 2 rings (SSSR count). The molecule has 4 heteroatoms. The van der Waals surface area contributed by atoms with Crippen molar-refractivity contribution in [2.45, 2.75) is 45.6 Å². The third-order valence-corrected chi connectivity index (χ3v) is 4.07. The molecule has 0 heterocycles. The lowest BCUT2D eigenvalue weighted by molar-refractivity contribution is 0.0319. The van der Waals surface area contributed by atoms with Gasteiger partial charge in [0.05, 0.1) is 12.2 Å². The van der Waals surface area contributed by atoms with Crippen LogP contribution < -0.4 is 4.74 Å². The van der Waals surface area contributed by atoms with Crippen molar-refractivity contribution in [1.29, 1.82) is 0 Å². The van der Waals surface area contributed by atoms with Gasteiger partial charge in [-0.05, 0) is 37.6 Å². The summed E-state index contributed by atoms with van der Waals surface area (Å²) >= 11 is 0. The van der Waals surface area contributed by atoms with E-state index >= 15 is 0 Å². The Morgan fingerprint density at radius 2 is 1.58 bits per heavy atom. The maximum atomic E-state index is 12.3. The predicted octanol–water partition coefficient (Wildman–Crippen LogP) is 5.07. The van der Waals surface area contributed by atoms with Crippen LogP contribution in [0.1, 0.15) is 60.2 Å². The Morgan fingerprint density at radius 1 is 0.885 bits per heavy atom. The molecule has 0 fully saturated rings. The number of esters is 1. The van der Waals surface area contributed by atoms with Crippen LogP contribution in [-0.2, 0) is 4.74 Å². The highest BCUT2D eigenvalue weighted by Gasteiger charge is 2.20. The van der Waals surface area contributed by atoms with Crippen LogP contribution in [0, 0.1) is 0 Å². The molecule has 0 bridgehead atoms. The molecule has 2 aromatic carbocycles. The van der Waals surface area contributed by atoms with Crippen molar-refractivity contribution in [3.63, 3.8) is 0 Å². The van der Waals surface area contributed by atoms with Crippen molar-refractivity contribution < 1.29 is 19.1 Å². The van der Waals surface area contributed by atoms with E-state index in [0.29, 0.717) is 17.7 Å². The number of carbonyl (C=O) groups is 2. The second-order valence-electron chi connectivity index (χ2n) is 6.21. The average Bonchev–Trinajstić information content (AvgIpc) is 2.68. The van der Waals surface area contributed by atoms with E-state index in [1.165, 1.54) is 12.8 Å². The maximum Gasteiger partial charge on any atom is 0.338 e. The highest BCUT2D eigenvalue weighted by molar-refractivity contribution is 6.01. The van der Waals surface area contributed by atoms with Gasteiger partial charge in [0.15, 0.2) is 6.10 Å². The molecular weight excluding hydrogens is 328 g/mol. The molecular formula is C22H26O4. The minimum Gasteiger partial charge on any atom is -0.494 e. The van der Waals surface area contributed by atoms with Gasteiger partial charge in [-0.2, -0.15) is 0 Å². The van der Waals surface area contributed by atoms with Crippen LogP contribution in [0.4, 0.5) is 0 Å². The first-order valence-electron chi connectivity index (χ1n) is 9.15. The van der Waals surface area contributed by atoms with Crippen LogP contribution in [0.15, 0.2) is 54.6 Å². The van der Waals surface area contributed by atoms with E-state index in [4.69, 9.17) is 9.47 Å². The zero-order valence-corrected chi connectivity index (χ0v) is 15.4. The summed E-state index contributed by atoms with van der Waals surface area (Å²) in [6, 6.07) is 15.6. The zero-order valence-electron chi connectivity index (χ0n) is 15.4. The number of hydrogen-bond donors (Lipinski definition) is 0. The molecule has 0 spiro atoms. The first kappa shape index (κ1) is 19.7. The summed E-state index contributed by atoms with van der Waals surface area (Å²) in [5.41, 5.74) is 0.927. The van der Waals surface area contributed by atoms with E-state index < -0.39 is 12.1 Å². The van der Waals surface area contributed by atoms with E-state index in [-0.39, 0.29) is 5.78 Å². The molecule has 0 radical (unpaired) electrons. The Kier molecular flexibility index (Phi) is 7.87. The van der Waals surface area contributed by atoms with Gasteiger partial charge in [-0.25, -0.2) is 4.79 Å². The highest BCUT2D eigenvalue weighted by Crippen LogP contribution is 2.15. The van der Waals surface area contributed by atoms with E-state index in [9.17, 15) is 9.59 Å². The molecule has 0 N–H and O–H groups in total. The Hall–Kier alpha value is -2.62. The number of rotatable bonds is 10. The molecule has 0 saturated carbocycles. The van der Waals surface area contributed by atoms with Crippen molar-refractivity contribution in [1.82, 2.24) is 0 Å². The van der Waals surface area contributed by atoms with Gasteiger partial charge < -0.3 is 9.47 Å². The van der Waals surface area contributed by atoms with Gasteiger partial charge in [-0.15, -0.1) is 0 Å². The van der Waals surface area contributed by atoms with Crippen LogP contribution in [0.2, 0.25) is 0 Å². The topological polar surface area (TPSA) is 52.6 Å². The summed E-state index contributed by atoms with van der Waals surface area (Å²) < 4.78 is 10.9. The Labute approximate surface area is 155 Å². The fraction of sp³-hybridized carbons (Fsp3) is 0.364. The third kappa shape index (κ3) is 6.03. The number of Topliss-reactive ketones (excluding diaryl/α,β-unsaturated/α-hetero) is 1. The number of ketones is 1. The summed E-state index contributed by atoms with van der Waals surface area (Å²) in [5.74, 6) is -0.00582. The van der Waals surface area contributed by atoms with E-state index in [2.05, 4.69) is 6.92 Å². The van der Waals surface area contributed by atoms with Gasteiger partial charge in [0, 0.05) is 5.56 Å². The first-order valence-corrected chi connectivity index (χ1v) is 9.15. The number of hydrogen-bond acceptors (Lipinski definition) is 4. The minimum absolute atomic E-state index is 0.217. The van der Waals surface area contributed by atoms with Gasteiger partial charge in [-0.3, -0.25) is 4.79 Å². The molecule has 0 unspecified atom stereocenters. The highest BCUT2D eigenvalue weighted by atomic mass is 16.5. The lowest BCUT2D eigenvalue weighted by atomic mass is 10.1. The van der Waals surface area contributed by atoms with Crippen molar-refractivity contribution in [2.75, 3.05) is 6.61 Å². The molecule has 0 aromatic heterocycles. The molecule has 4 nitrogen and oxygen atoms in total. The standard InChI is InChI=1S/C22H26O4/c1-3-4-5-9-16-25-20-14-12-19(13-15-20)22(24)26-17(2)21(23)18-10-7-6-8-11-18/h6-8,10-15,17H,3-5,9,16H2,1-2H3/t17-/m0/s1. The Bertz CT molecular complexity index is 692. The minimum atomic E-state index is -0.834. The van der Waals surface area contributed by atoms with Crippen molar-refractivity contribution >= 4 is 11.8 Å². The smallest absolute Gasteiger partial charge is 0.338 e. The molecule has 0 saturated heterocycles. The van der Waals surface area contributed by atoms with Crippen LogP contribution in [0.5, 0.6) is 5.75 Å². The lowest BCUT2D eigenvalue weighted by Crippen LogP contribution is -2.24. The number of benzene rings is 2. The predicted molar refractivity (Wildman–Crippen MR) is 102 cm³/mol. The third-order valence-electron chi connectivity index (χ3n) is 4.07. The first-order chi connectivity index (χ1) is 12.6. The monoisotopic (exact) mass is 354 g/mol. The molecule has 1 atom stereocenters. The number of carbonyl (C=O) groups excluding carboxylic acids is 2. The fourth-order valence-electron chi connectivity index (χ4n) is 2.53. The second-order valence-corrected chi connectivity index (χ2v) is 6.21. The van der Waals surface area contributed by atoms with Gasteiger partial charge in [0.25, 0.3) is 0 Å². The molecule has 2 aromatic rings. The van der Waals surface area contributed by atoms with Crippen LogP contribution in [0.25, 0.3) is 0 Å². The molecule has 26 heavy (non-hydrogen) atoms. The second kappa shape index (κ2) is 10.4. The number of ether oxygens (including phenoxy) is 2. The molecule has 0 amide bonds. The summed E-state index contributed by atoms with van der Waals surface area (Å²) in [6.07, 6.45) is 3.76.